The van der Waals surface area contributed by atoms with Gasteiger partial charge in [0.25, 0.3) is 0 Å². The van der Waals surface area contributed by atoms with Crippen molar-refractivity contribution in [2.24, 2.45) is 17.3 Å². The maximum Gasteiger partial charge on any atom is 0.226 e. The van der Waals surface area contributed by atoms with Crippen molar-refractivity contribution >= 4 is 0 Å². The lowest BCUT2D eigenvalue weighted by Crippen LogP contribution is -2.33. The molecule has 2 fully saturated rings. The zero-order valence-electron chi connectivity index (χ0n) is 12.3. The van der Waals surface area contributed by atoms with Crippen LogP contribution >= 0.6 is 0 Å². The first-order valence-corrected chi connectivity index (χ1v) is 7.59. The molecule has 0 spiro atoms. The third-order valence-corrected chi connectivity index (χ3v) is 4.95. The van der Waals surface area contributed by atoms with Crippen LogP contribution in [0.15, 0.2) is 4.52 Å². The fraction of sp³-hybridized carbons (Fsp3) is 0.867. The van der Waals surface area contributed by atoms with Gasteiger partial charge in [-0.25, -0.2) is 0 Å². The highest BCUT2D eigenvalue weighted by molar-refractivity contribution is 5.14. The maximum absolute atomic E-state index is 5.44. The van der Waals surface area contributed by atoms with Crippen molar-refractivity contribution < 1.29 is 4.52 Å². The fourth-order valence-corrected chi connectivity index (χ4v) is 3.21. The van der Waals surface area contributed by atoms with Gasteiger partial charge < -0.3 is 9.84 Å². The molecule has 1 aromatic heterocycles. The summed E-state index contributed by atoms with van der Waals surface area (Å²) >= 11 is 0. The lowest BCUT2D eigenvalue weighted by atomic mass is 9.85. The molecule has 0 bridgehead atoms. The van der Waals surface area contributed by atoms with Gasteiger partial charge in [-0.15, -0.1) is 0 Å². The number of nitrogens with one attached hydrogen (secondary N) is 1. The first-order chi connectivity index (χ1) is 9.06. The summed E-state index contributed by atoms with van der Waals surface area (Å²) in [5, 5.41) is 7.65. The van der Waals surface area contributed by atoms with Crippen molar-refractivity contribution in [2.45, 2.75) is 52.4 Å². The summed E-state index contributed by atoms with van der Waals surface area (Å²) in [5.41, 5.74) is 0.375. The molecule has 19 heavy (non-hydrogen) atoms. The Morgan fingerprint density at radius 3 is 2.89 bits per heavy atom. The molecule has 3 rings (SSSR count). The topological polar surface area (TPSA) is 51.0 Å². The minimum Gasteiger partial charge on any atom is -0.339 e. The first-order valence-electron chi connectivity index (χ1n) is 7.59. The van der Waals surface area contributed by atoms with Crippen LogP contribution in [0.5, 0.6) is 0 Å². The Bertz CT molecular complexity index is 434. The standard InChI is InChI=1S/C15H25N3O/c1-10(11-5-4-6-16-9-11)7-13-17-14(18-19-13)12-8-15(12,2)3/h10-12,16H,4-9H2,1-3H3. The van der Waals surface area contributed by atoms with Gasteiger partial charge in [-0.3, -0.25) is 0 Å². The predicted octanol–water partition coefficient (Wildman–Crippen LogP) is 2.76. The van der Waals surface area contributed by atoms with Gasteiger partial charge in [-0.05, 0) is 49.6 Å². The highest BCUT2D eigenvalue weighted by Gasteiger charge is 2.49. The van der Waals surface area contributed by atoms with E-state index in [9.17, 15) is 0 Å². The summed E-state index contributed by atoms with van der Waals surface area (Å²) in [6.45, 7) is 9.15. The molecule has 4 heteroatoms. The van der Waals surface area contributed by atoms with Crippen molar-refractivity contribution in [3.05, 3.63) is 11.7 Å². The van der Waals surface area contributed by atoms with Crippen LogP contribution < -0.4 is 5.32 Å². The minimum atomic E-state index is 0.375. The molecule has 1 saturated carbocycles. The first kappa shape index (κ1) is 13.1. The third-order valence-electron chi connectivity index (χ3n) is 4.95. The number of hydrogen-bond donors (Lipinski definition) is 1. The molecule has 4 nitrogen and oxygen atoms in total. The summed E-state index contributed by atoms with van der Waals surface area (Å²) < 4.78 is 5.44. The van der Waals surface area contributed by atoms with Gasteiger partial charge in [0.1, 0.15) is 0 Å². The third kappa shape index (κ3) is 2.83. The van der Waals surface area contributed by atoms with Crippen LogP contribution in [0.25, 0.3) is 0 Å². The van der Waals surface area contributed by atoms with Crippen LogP contribution in [0, 0.1) is 17.3 Å². The molecule has 1 saturated heterocycles. The molecule has 3 atom stereocenters. The molecule has 1 aliphatic carbocycles. The second kappa shape index (κ2) is 4.89. The molecular formula is C15H25N3O. The van der Waals surface area contributed by atoms with Gasteiger partial charge in [-0.1, -0.05) is 25.9 Å². The Morgan fingerprint density at radius 2 is 2.26 bits per heavy atom. The molecule has 0 radical (unpaired) electrons. The summed E-state index contributed by atoms with van der Waals surface area (Å²) in [6, 6.07) is 0. The van der Waals surface area contributed by atoms with Crippen molar-refractivity contribution in [1.82, 2.24) is 15.5 Å². The van der Waals surface area contributed by atoms with Gasteiger partial charge in [0.2, 0.25) is 5.89 Å². The molecule has 1 aromatic rings. The summed E-state index contributed by atoms with van der Waals surface area (Å²) in [7, 11) is 0. The van der Waals surface area contributed by atoms with E-state index in [1.165, 1.54) is 25.8 Å². The minimum absolute atomic E-state index is 0.375. The van der Waals surface area contributed by atoms with Gasteiger partial charge in [0, 0.05) is 12.3 Å². The van der Waals surface area contributed by atoms with E-state index in [1.54, 1.807) is 0 Å². The molecule has 2 aliphatic rings. The monoisotopic (exact) mass is 263 g/mol. The molecule has 1 aliphatic heterocycles. The van der Waals surface area contributed by atoms with E-state index in [1.807, 2.05) is 0 Å². The van der Waals surface area contributed by atoms with E-state index < -0.39 is 0 Å². The average molecular weight is 263 g/mol. The van der Waals surface area contributed by atoms with Crippen LogP contribution in [0.1, 0.15) is 57.7 Å². The summed E-state index contributed by atoms with van der Waals surface area (Å²) in [4.78, 5) is 4.60. The van der Waals surface area contributed by atoms with E-state index in [0.717, 1.165) is 30.6 Å². The van der Waals surface area contributed by atoms with Gasteiger partial charge in [0.15, 0.2) is 5.82 Å². The van der Waals surface area contributed by atoms with E-state index in [-0.39, 0.29) is 0 Å². The Hall–Kier alpha value is -0.900. The summed E-state index contributed by atoms with van der Waals surface area (Å²) in [6.07, 6.45) is 4.73. The Balaban J connectivity index is 1.57. The zero-order chi connectivity index (χ0) is 13.5. The van der Waals surface area contributed by atoms with E-state index >= 15 is 0 Å². The number of rotatable bonds is 4. The SMILES string of the molecule is CC(Cc1nc(C2CC2(C)C)no1)C1CCCNC1. The molecule has 3 unspecified atom stereocenters. The van der Waals surface area contributed by atoms with E-state index in [4.69, 9.17) is 4.52 Å². The fourth-order valence-electron chi connectivity index (χ4n) is 3.21. The Labute approximate surface area is 115 Å². The Morgan fingerprint density at radius 1 is 1.47 bits per heavy atom. The van der Waals surface area contributed by atoms with Gasteiger partial charge >= 0.3 is 0 Å². The van der Waals surface area contributed by atoms with Crippen LogP contribution in [0.2, 0.25) is 0 Å². The maximum atomic E-state index is 5.44. The second-order valence-corrected chi connectivity index (χ2v) is 7.08. The second-order valence-electron chi connectivity index (χ2n) is 7.08. The number of nitrogens with zero attached hydrogens (tertiary/aromatic N) is 2. The van der Waals surface area contributed by atoms with Gasteiger partial charge in [0.05, 0.1) is 0 Å². The molecular weight excluding hydrogens is 238 g/mol. The normalized spacial score (nSPS) is 31.1. The van der Waals surface area contributed by atoms with Crippen LogP contribution in [-0.2, 0) is 6.42 Å². The van der Waals surface area contributed by atoms with E-state index in [0.29, 0.717) is 17.3 Å². The van der Waals surface area contributed by atoms with Crippen molar-refractivity contribution in [1.29, 1.82) is 0 Å². The van der Waals surface area contributed by atoms with Crippen LogP contribution in [0.4, 0.5) is 0 Å². The van der Waals surface area contributed by atoms with Crippen LogP contribution in [0.3, 0.4) is 0 Å². The predicted molar refractivity (Wildman–Crippen MR) is 73.9 cm³/mol. The largest absolute Gasteiger partial charge is 0.339 e. The molecule has 0 aromatic carbocycles. The quantitative estimate of drug-likeness (QED) is 0.907. The Kier molecular flexibility index (Phi) is 3.37. The average Bonchev–Trinajstić information content (AvgIpc) is 2.84. The molecule has 0 amide bonds. The smallest absolute Gasteiger partial charge is 0.226 e. The number of piperidine rings is 1. The highest BCUT2D eigenvalue weighted by Crippen LogP contribution is 2.57. The number of aromatic nitrogens is 2. The van der Waals surface area contributed by atoms with Crippen molar-refractivity contribution in [2.75, 3.05) is 13.1 Å². The molecule has 2 heterocycles. The lowest BCUT2D eigenvalue weighted by Gasteiger charge is -2.27. The van der Waals surface area contributed by atoms with E-state index in [2.05, 4.69) is 36.2 Å². The summed E-state index contributed by atoms with van der Waals surface area (Å²) in [5.74, 6) is 3.64. The van der Waals surface area contributed by atoms with Gasteiger partial charge in [-0.2, -0.15) is 4.98 Å². The highest BCUT2D eigenvalue weighted by atomic mass is 16.5. The molecule has 106 valence electrons. The lowest BCUT2D eigenvalue weighted by molar-refractivity contribution is 0.256. The molecule has 1 N–H and O–H groups in total. The number of hydrogen-bond acceptors (Lipinski definition) is 4. The van der Waals surface area contributed by atoms with Crippen molar-refractivity contribution in [3.8, 4) is 0 Å². The zero-order valence-corrected chi connectivity index (χ0v) is 12.3. The van der Waals surface area contributed by atoms with Crippen LogP contribution in [-0.4, -0.2) is 23.2 Å². The van der Waals surface area contributed by atoms with Crippen molar-refractivity contribution in [3.63, 3.8) is 0 Å².